The van der Waals surface area contributed by atoms with Crippen molar-refractivity contribution in [3.05, 3.63) is 29.8 Å². The molecule has 1 aromatic rings. The second kappa shape index (κ2) is 6.83. The Bertz CT molecular complexity index is 555. The number of hydrogen-bond acceptors (Lipinski definition) is 4. The van der Waals surface area contributed by atoms with Crippen LogP contribution >= 0.6 is 0 Å². The van der Waals surface area contributed by atoms with Crippen LogP contribution in [0.15, 0.2) is 29.2 Å². The van der Waals surface area contributed by atoms with Gasteiger partial charge in [-0.25, -0.2) is 13.6 Å². The summed E-state index contributed by atoms with van der Waals surface area (Å²) in [7, 11) is -0.156. The molecule has 0 aliphatic rings. The van der Waals surface area contributed by atoms with Gasteiger partial charge in [0.05, 0.1) is 10.9 Å². The average Bonchev–Trinajstić information content (AvgIpc) is 2.42. The maximum atomic E-state index is 11.9. The summed E-state index contributed by atoms with van der Waals surface area (Å²) in [4.78, 5) is 13.6. The Morgan fingerprint density at radius 2 is 1.90 bits per heavy atom. The number of carbonyl (C=O) groups is 1. The fourth-order valence-electron chi connectivity index (χ4n) is 1.78. The molecule has 0 saturated carbocycles. The molecule has 0 aromatic heterocycles. The summed E-state index contributed by atoms with van der Waals surface area (Å²) < 4.78 is 22.4. The lowest BCUT2D eigenvalue weighted by Crippen LogP contribution is -2.31. The van der Waals surface area contributed by atoms with Crippen LogP contribution in [0.5, 0.6) is 0 Å². The summed E-state index contributed by atoms with van der Waals surface area (Å²) in [5, 5.41) is 7.97. The van der Waals surface area contributed by atoms with Crippen molar-refractivity contribution in [3.63, 3.8) is 0 Å². The number of nitrogens with two attached hydrogens (primary N) is 1. The molecule has 0 bridgehead atoms. The summed E-state index contributed by atoms with van der Waals surface area (Å²) in [6, 6.07) is 6.12. The number of sulfonamides is 1. The summed E-state index contributed by atoms with van der Waals surface area (Å²) in [6.07, 6.45) is 0.423. The van der Waals surface area contributed by atoms with E-state index >= 15 is 0 Å². The van der Waals surface area contributed by atoms with Gasteiger partial charge >= 0.3 is 0 Å². The van der Waals surface area contributed by atoms with Crippen LogP contribution < -0.4 is 10.5 Å². The van der Waals surface area contributed by atoms with Crippen LogP contribution in [0, 0.1) is 0 Å². The standard InChI is InChI=1S/C13H21N3O3S/c1-10(16(3)13(17)8-9-15-2)11-4-6-12(7-5-11)20(14,18)19/h4-7,10,15H,8-9H2,1-3H3,(H2,14,18,19). The molecule has 0 spiro atoms. The number of primary sulfonamides is 1. The van der Waals surface area contributed by atoms with Crippen LogP contribution in [0.3, 0.4) is 0 Å². The smallest absolute Gasteiger partial charge is 0.238 e. The molecule has 112 valence electrons. The normalized spacial score (nSPS) is 13.0. The monoisotopic (exact) mass is 299 g/mol. The fraction of sp³-hybridized carbons (Fsp3) is 0.462. The Kier molecular flexibility index (Phi) is 5.67. The van der Waals surface area contributed by atoms with Gasteiger partial charge < -0.3 is 10.2 Å². The van der Waals surface area contributed by atoms with Crippen molar-refractivity contribution in [3.8, 4) is 0 Å². The fourth-order valence-corrected chi connectivity index (χ4v) is 2.30. The topological polar surface area (TPSA) is 92.5 Å². The summed E-state index contributed by atoms with van der Waals surface area (Å²) in [5.74, 6) is 0.0300. The predicted molar refractivity (Wildman–Crippen MR) is 77.5 cm³/mol. The quantitative estimate of drug-likeness (QED) is 0.798. The molecule has 0 heterocycles. The van der Waals surface area contributed by atoms with Gasteiger partial charge in [-0.05, 0) is 31.7 Å². The van der Waals surface area contributed by atoms with Gasteiger partial charge in [0.1, 0.15) is 0 Å². The summed E-state index contributed by atoms with van der Waals surface area (Å²) >= 11 is 0. The second-order valence-corrected chi connectivity index (χ2v) is 6.21. The van der Waals surface area contributed by atoms with Gasteiger partial charge in [0.2, 0.25) is 15.9 Å². The number of carbonyl (C=O) groups excluding carboxylic acids is 1. The Balaban J connectivity index is 2.82. The molecule has 20 heavy (non-hydrogen) atoms. The third-order valence-electron chi connectivity index (χ3n) is 3.25. The van der Waals surface area contributed by atoms with Crippen molar-refractivity contribution in [1.82, 2.24) is 10.2 Å². The minimum Gasteiger partial charge on any atom is -0.339 e. The Hall–Kier alpha value is -1.44. The number of benzene rings is 1. The van der Waals surface area contributed by atoms with E-state index in [0.29, 0.717) is 13.0 Å². The minimum atomic E-state index is -3.68. The van der Waals surface area contributed by atoms with E-state index in [1.807, 2.05) is 6.92 Å². The molecule has 3 N–H and O–H groups in total. The number of nitrogens with zero attached hydrogens (tertiary/aromatic N) is 1. The number of amides is 1. The van der Waals surface area contributed by atoms with Crippen LogP contribution in [0.1, 0.15) is 24.9 Å². The minimum absolute atomic E-state index is 0.0300. The lowest BCUT2D eigenvalue weighted by molar-refractivity contribution is -0.131. The van der Waals surface area contributed by atoms with Gasteiger partial charge in [0.15, 0.2) is 0 Å². The van der Waals surface area contributed by atoms with Crippen LogP contribution in [0.25, 0.3) is 0 Å². The molecule has 1 rings (SSSR count). The van der Waals surface area contributed by atoms with Crippen molar-refractivity contribution >= 4 is 15.9 Å². The van der Waals surface area contributed by atoms with E-state index in [2.05, 4.69) is 5.32 Å². The second-order valence-electron chi connectivity index (χ2n) is 4.65. The van der Waals surface area contributed by atoms with Crippen molar-refractivity contribution in [1.29, 1.82) is 0 Å². The molecular weight excluding hydrogens is 278 g/mol. The molecule has 0 aliphatic heterocycles. The van der Waals surface area contributed by atoms with Crippen LogP contribution in [0.2, 0.25) is 0 Å². The molecular formula is C13H21N3O3S. The molecule has 0 fully saturated rings. The van der Waals surface area contributed by atoms with Gasteiger partial charge in [-0.2, -0.15) is 0 Å². The zero-order valence-corrected chi connectivity index (χ0v) is 12.8. The maximum absolute atomic E-state index is 11.9. The van der Waals surface area contributed by atoms with Crippen molar-refractivity contribution in [2.24, 2.45) is 5.14 Å². The average molecular weight is 299 g/mol. The van der Waals surface area contributed by atoms with Crippen molar-refractivity contribution in [2.45, 2.75) is 24.3 Å². The number of rotatable bonds is 6. The van der Waals surface area contributed by atoms with E-state index in [1.165, 1.54) is 12.1 Å². The Morgan fingerprint density at radius 3 is 2.35 bits per heavy atom. The van der Waals surface area contributed by atoms with Gasteiger partial charge in [-0.15, -0.1) is 0 Å². The highest BCUT2D eigenvalue weighted by atomic mass is 32.2. The largest absolute Gasteiger partial charge is 0.339 e. The Labute approximate surface area is 120 Å². The highest BCUT2D eigenvalue weighted by Crippen LogP contribution is 2.20. The summed E-state index contributed by atoms with van der Waals surface area (Å²) in [6.45, 7) is 2.52. The van der Waals surface area contributed by atoms with Crippen molar-refractivity contribution < 1.29 is 13.2 Å². The van der Waals surface area contributed by atoms with Crippen LogP contribution in [-0.2, 0) is 14.8 Å². The van der Waals surface area contributed by atoms with E-state index in [9.17, 15) is 13.2 Å². The number of nitrogens with one attached hydrogen (secondary N) is 1. The highest BCUT2D eigenvalue weighted by Gasteiger charge is 2.17. The molecule has 0 saturated heterocycles. The van der Waals surface area contributed by atoms with E-state index in [4.69, 9.17) is 5.14 Å². The molecule has 1 unspecified atom stereocenters. The van der Waals surface area contributed by atoms with Crippen LogP contribution in [0.4, 0.5) is 0 Å². The molecule has 1 atom stereocenters. The van der Waals surface area contributed by atoms with E-state index in [0.717, 1.165) is 5.56 Å². The van der Waals surface area contributed by atoms with Gasteiger partial charge in [0.25, 0.3) is 0 Å². The Morgan fingerprint density at radius 1 is 1.35 bits per heavy atom. The predicted octanol–water partition coefficient (Wildman–Crippen LogP) is 0.463. The molecule has 7 heteroatoms. The molecule has 0 radical (unpaired) electrons. The van der Waals surface area contributed by atoms with Crippen molar-refractivity contribution in [2.75, 3.05) is 20.6 Å². The maximum Gasteiger partial charge on any atom is 0.238 e. The molecule has 1 aromatic carbocycles. The zero-order chi connectivity index (χ0) is 15.3. The first-order valence-electron chi connectivity index (χ1n) is 6.30. The summed E-state index contributed by atoms with van der Waals surface area (Å²) in [5.41, 5.74) is 0.859. The first kappa shape index (κ1) is 16.6. The van der Waals surface area contributed by atoms with E-state index in [-0.39, 0.29) is 16.8 Å². The van der Waals surface area contributed by atoms with Crippen LogP contribution in [-0.4, -0.2) is 39.9 Å². The SMILES string of the molecule is CNCCC(=O)N(C)C(C)c1ccc(S(N)(=O)=O)cc1. The number of hydrogen-bond donors (Lipinski definition) is 2. The zero-order valence-electron chi connectivity index (χ0n) is 12.0. The van der Waals surface area contributed by atoms with Gasteiger partial charge in [-0.3, -0.25) is 4.79 Å². The lowest BCUT2D eigenvalue weighted by atomic mass is 10.1. The first-order chi connectivity index (χ1) is 9.27. The van der Waals surface area contributed by atoms with Gasteiger partial charge in [-0.1, -0.05) is 12.1 Å². The molecule has 1 amide bonds. The van der Waals surface area contributed by atoms with Gasteiger partial charge in [0, 0.05) is 20.0 Å². The molecule has 6 nitrogen and oxygen atoms in total. The lowest BCUT2D eigenvalue weighted by Gasteiger charge is -2.25. The molecule has 0 aliphatic carbocycles. The first-order valence-corrected chi connectivity index (χ1v) is 7.85. The third-order valence-corrected chi connectivity index (χ3v) is 4.18. The third kappa shape index (κ3) is 4.29. The highest BCUT2D eigenvalue weighted by molar-refractivity contribution is 7.89. The van der Waals surface area contributed by atoms with E-state index < -0.39 is 10.0 Å². The van der Waals surface area contributed by atoms with E-state index in [1.54, 1.807) is 31.1 Å².